The molecule has 5 fully saturated rings. The Labute approximate surface area is 430 Å². The van der Waals surface area contributed by atoms with E-state index >= 15 is 4.79 Å². The highest BCUT2D eigenvalue weighted by atomic mass is 16.6. The minimum atomic E-state index is -1.95. The molecular formula is C57H83N5O11. The molecule has 7 aliphatic carbocycles. The van der Waals surface area contributed by atoms with Gasteiger partial charge in [0.15, 0.2) is 17.5 Å². The van der Waals surface area contributed by atoms with Crippen molar-refractivity contribution in [1.29, 1.82) is 0 Å². The number of nitrogens with two attached hydrogens (primary N) is 2. The van der Waals surface area contributed by atoms with Crippen LogP contribution in [0, 0.1) is 87.8 Å². The fraction of sp³-hybridized carbons (Fsp3) is 0.754. The number of rotatable bonds is 11. The molecule has 1 aromatic rings. The molecule has 1 saturated heterocycles. The Balaban J connectivity index is 1.25. The van der Waals surface area contributed by atoms with E-state index in [0.29, 0.717) is 37.2 Å². The van der Waals surface area contributed by atoms with E-state index in [1.807, 2.05) is 32.3 Å². The van der Waals surface area contributed by atoms with E-state index in [1.54, 1.807) is 6.92 Å². The largest absolute Gasteiger partial charge is 0.462 e. The van der Waals surface area contributed by atoms with Crippen molar-refractivity contribution >= 4 is 23.5 Å². The highest BCUT2D eigenvalue weighted by Crippen LogP contribution is 2.72. The summed E-state index contributed by atoms with van der Waals surface area (Å²) in [6, 6.07) is 0.716. The lowest BCUT2D eigenvalue weighted by molar-refractivity contribution is -0.190. The Bertz CT molecular complexity index is 2410. The van der Waals surface area contributed by atoms with Gasteiger partial charge < -0.3 is 62.3 Å². The summed E-state index contributed by atoms with van der Waals surface area (Å²) in [4.78, 5) is 50.0. The molecule has 402 valence electrons. The lowest BCUT2D eigenvalue weighted by atomic mass is 9.44. The average Bonchev–Trinajstić information content (AvgIpc) is 4.05. The van der Waals surface area contributed by atoms with E-state index in [9.17, 15) is 45.3 Å². The predicted molar refractivity (Wildman–Crippen MR) is 272 cm³/mol. The van der Waals surface area contributed by atoms with Gasteiger partial charge in [0.25, 0.3) is 0 Å². The first kappa shape index (κ1) is 53.7. The molecule has 0 aromatic carbocycles. The Morgan fingerprint density at radius 3 is 2.47 bits per heavy atom. The molecule has 1 aromatic heterocycles. The fourth-order valence-electron chi connectivity index (χ4n) is 17.3. The summed E-state index contributed by atoms with van der Waals surface area (Å²) in [5, 5.41) is 88.5. The Kier molecular flexibility index (Phi) is 15.1. The summed E-state index contributed by atoms with van der Waals surface area (Å²) in [6.07, 6.45) is 7.76. The number of allylic oxidation sites excluding steroid dienone is 3. The number of cyclic esters (lactones) is 1. The first-order valence-corrected chi connectivity index (χ1v) is 27.5. The van der Waals surface area contributed by atoms with E-state index in [2.05, 4.69) is 40.1 Å². The number of Topliss-reactive ketones (excluding diaryl/α,β-unsaturated/α-hetero) is 2. The lowest BCUT2D eigenvalue weighted by Gasteiger charge is -2.62. The summed E-state index contributed by atoms with van der Waals surface area (Å²) < 4.78 is 6.24. The highest BCUT2D eigenvalue weighted by molar-refractivity contribution is 6.00. The van der Waals surface area contributed by atoms with Gasteiger partial charge in [0.2, 0.25) is 0 Å². The minimum absolute atomic E-state index is 0.0145. The van der Waals surface area contributed by atoms with E-state index in [0.717, 1.165) is 24.8 Å². The molecule has 2 heterocycles. The third-order valence-electron chi connectivity index (χ3n) is 20.8. The van der Waals surface area contributed by atoms with E-state index in [1.165, 1.54) is 12.5 Å². The number of hydrogen-bond acceptors (Lipinski definition) is 13. The second-order valence-corrected chi connectivity index (χ2v) is 24.6. The summed E-state index contributed by atoms with van der Waals surface area (Å²) in [6.45, 7) is 8.32. The molecule has 0 amide bonds. The monoisotopic (exact) mass is 1010 g/mol. The SMILES string of the molecule is CC[C@H]1OC(=O)[C@@H](c2cc[nH]c2)[C@@H]1[C@H]1C#CC[C@H]2C[C@@]3(O)C4=C(N[C@@H](CO)C(C)=O)C(=O)[C@@H]5C[C@@H](O)[C@@H](O)C[C@]5(C)[C@H]4CC[C@]3(CCN=C(N)N)[C@H]2[C@@](C)(O)[C@H](O)C[C@@H](CO)[C@@H]2CC=C3CC[C@H](C)C[C@H]3[C@@H]2C1. The van der Waals surface area contributed by atoms with Crippen LogP contribution in [0.5, 0.6) is 0 Å². The first-order valence-electron chi connectivity index (χ1n) is 27.5. The van der Waals surface area contributed by atoms with Crippen molar-refractivity contribution in [2.75, 3.05) is 19.8 Å². The third kappa shape index (κ3) is 9.02. The maximum atomic E-state index is 15.3. The van der Waals surface area contributed by atoms with Crippen molar-refractivity contribution in [2.24, 2.45) is 92.4 Å². The third-order valence-corrected chi connectivity index (χ3v) is 20.8. The number of carbonyl (C=O) groups is 3. The normalized spacial score (nSPS) is 44.8. The van der Waals surface area contributed by atoms with Gasteiger partial charge in [0.05, 0.1) is 47.7 Å². The lowest BCUT2D eigenvalue weighted by Crippen LogP contribution is -2.66. The van der Waals surface area contributed by atoms with Gasteiger partial charge in [-0.25, -0.2) is 0 Å². The molecule has 13 N–H and O–H groups in total. The van der Waals surface area contributed by atoms with E-state index in [-0.39, 0.29) is 105 Å². The molecule has 73 heavy (non-hydrogen) atoms. The number of ether oxygens (including phenoxy) is 1. The van der Waals surface area contributed by atoms with Gasteiger partial charge >= 0.3 is 5.97 Å². The Hall–Kier alpha value is -4.08. The summed E-state index contributed by atoms with van der Waals surface area (Å²) >= 11 is 0. The number of aromatic amines is 1. The van der Waals surface area contributed by atoms with Gasteiger partial charge in [0, 0.05) is 61.1 Å². The molecule has 0 spiro atoms. The standard InChI is InChI=1S/C57H83N5O11/c1-6-44-46(47(52(70)73-44)34-15-18-60-26-34)32-8-7-9-33-24-57(72)48-39(54(4)25-43(67)42(66)23-40(54)50(69)49(48)62-41(28-64)30(3)65)14-16-56(57,17-19-61-53(58)59)51(33)55(5,71)45(68)22-35(27-63)36-13-12-31-11-10-29(2)20-37(31)38(36)21-32/h12,15,18,26,29,32-33,35-47,51,60,62-64,66-68,71-72H,6,9-11,13-14,16-17,19-25,27-28H2,1-5H3,(H4,58,59,61)/t29-,32-,33-,35-,36-,37+,38+,39-,40-,41-,42+,43-,44+,45+,46+,47-,51+,54+,55-,56-,57+/m0/s1. The molecule has 0 radical (unpaired) electrons. The fourth-order valence-corrected chi connectivity index (χ4v) is 17.3. The summed E-state index contributed by atoms with van der Waals surface area (Å²) in [5.41, 5.74) is 8.33. The quantitative estimate of drug-likeness (QED) is 0.0498. The number of ketones is 2. The molecule has 1 aliphatic heterocycles. The van der Waals surface area contributed by atoms with Gasteiger partial charge in [-0.1, -0.05) is 38.3 Å². The van der Waals surface area contributed by atoms with Crippen LogP contribution in [0.2, 0.25) is 0 Å². The molecule has 16 nitrogen and oxygen atoms in total. The minimum Gasteiger partial charge on any atom is -0.462 e. The van der Waals surface area contributed by atoms with Crippen molar-refractivity contribution in [3.8, 4) is 11.8 Å². The number of aliphatic imine (C=N–C) groups is 1. The van der Waals surface area contributed by atoms with E-state index < -0.39 is 106 Å². The summed E-state index contributed by atoms with van der Waals surface area (Å²) in [5.74, 6) is 2.11. The molecule has 4 saturated carbocycles. The van der Waals surface area contributed by atoms with Crippen LogP contribution in [-0.4, -0.2) is 126 Å². The molecule has 21 atom stereocenters. The zero-order valence-corrected chi connectivity index (χ0v) is 43.5. The van der Waals surface area contributed by atoms with Crippen molar-refractivity contribution < 1.29 is 54.9 Å². The number of hydrogen-bond donors (Lipinski definition) is 11. The van der Waals surface area contributed by atoms with Crippen LogP contribution in [0.4, 0.5) is 0 Å². The van der Waals surface area contributed by atoms with Crippen LogP contribution in [0.25, 0.3) is 0 Å². The zero-order chi connectivity index (χ0) is 52.5. The Morgan fingerprint density at radius 2 is 1.79 bits per heavy atom. The molecule has 9 rings (SSSR count). The summed E-state index contributed by atoms with van der Waals surface area (Å²) in [7, 11) is 0. The number of guanidine groups is 1. The zero-order valence-electron chi connectivity index (χ0n) is 43.5. The molecule has 0 bridgehead atoms. The maximum absolute atomic E-state index is 15.3. The number of aliphatic hydroxyl groups excluding tert-OH is 5. The number of carbonyl (C=O) groups excluding carboxylic acids is 3. The first-order chi connectivity index (χ1) is 34.6. The number of nitrogens with one attached hydrogen (secondary N) is 2. The van der Waals surface area contributed by atoms with Crippen molar-refractivity contribution in [1.82, 2.24) is 10.3 Å². The van der Waals surface area contributed by atoms with Crippen LogP contribution in [0.1, 0.15) is 136 Å². The second kappa shape index (κ2) is 20.5. The van der Waals surface area contributed by atoms with Gasteiger partial charge in [-0.15, -0.1) is 5.92 Å². The van der Waals surface area contributed by atoms with E-state index in [4.69, 9.17) is 16.2 Å². The van der Waals surface area contributed by atoms with Crippen LogP contribution < -0.4 is 16.8 Å². The van der Waals surface area contributed by atoms with Gasteiger partial charge in [-0.2, -0.15) is 0 Å². The number of fused-ring (bicyclic) bond motifs is 10. The second-order valence-electron chi connectivity index (χ2n) is 24.6. The van der Waals surface area contributed by atoms with Gasteiger partial charge in [-0.3, -0.25) is 19.4 Å². The number of aliphatic hydroxyl groups is 7. The predicted octanol–water partition coefficient (Wildman–Crippen LogP) is 3.51. The topological polar surface area (TPSA) is 294 Å². The van der Waals surface area contributed by atoms with Crippen molar-refractivity contribution in [2.45, 2.75) is 172 Å². The number of nitrogens with zero attached hydrogens (tertiary/aromatic N) is 1. The van der Waals surface area contributed by atoms with Crippen LogP contribution >= 0.6 is 0 Å². The van der Waals surface area contributed by atoms with Crippen molar-refractivity contribution in [3.05, 3.63) is 46.9 Å². The number of esters is 1. The molecule has 16 heteroatoms. The molecular weight excluding hydrogens is 931 g/mol. The number of H-pyrrole nitrogens is 1. The maximum Gasteiger partial charge on any atom is 0.314 e. The van der Waals surface area contributed by atoms with Gasteiger partial charge in [-0.05, 0) is 161 Å². The molecule has 8 aliphatic rings. The van der Waals surface area contributed by atoms with Crippen LogP contribution in [0.3, 0.4) is 0 Å². The van der Waals surface area contributed by atoms with Crippen LogP contribution in [-0.2, 0) is 19.1 Å². The smallest absolute Gasteiger partial charge is 0.314 e. The average molecular weight is 1010 g/mol. The van der Waals surface area contributed by atoms with Gasteiger partial charge in [0.1, 0.15) is 12.1 Å². The highest BCUT2D eigenvalue weighted by Gasteiger charge is 2.74. The molecule has 0 unspecified atom stereocenters. The van der Waals surface area contributed by atoms with Crippen LogP contribution in [0.15, 0.2) is 46.4 Å². The van der Waals surface area contributed by atoms with Crippen molar-refractivity contribution in [3.63, 3.8) is 0 Å². The Morgan fingerprint density at radius 1 is 1.03 bits per heavy atom. The number of aromatic nitrogens is 1.